The molecule has 0 saturated carbocycles. The Labute approximate surface area is 339 Å². The molecule has 57 heavy (non-hydrogen) atoms. The van der Waals surface area contributed by atoms with Crippen molar-refractivity contribution in [1.82, 2.24) is 20.6 Å². The van der Waals surface area contributed by atoms with E-state index >= 15 is 0 Å². The highest BCUT2D eigenvalue weighted by Crippen LogP contribution is 2.20. The Morgan fingerprint density at radius 2 is 1.49 bits per heavy atom. The van der Waals surface area contributed by atoms with Crippen molar-refractivity contribution in [3.63, 3.8) is 0 Å². The highest BCUT2D eigenvalue weighted by Gasteiger charge is 2.32. The van der Waals surface area contributed by atoms with Gasteiger partial charge < -0.3 is 44.5 Å². The third-order valence-corrected chi connectivity index (χ3v) is 8.02. The zero-order valence-electron chi connectivity index (χ0n) is 35.2. The Morgan fingerprint density at radius 3 is 1.98 bits per heavy atom. The molecule has 0 aromatic heterocycles. The van der Waals surface area contributed by atoms with Gasteiger partial charge in [-0.3, -0.25) is 19.2 Å². The molecule has 1 atom stereocenters. The topological polar surface area (TPSA) is 201 Å². The van der Waals surface area contributed by atoms with Gasteiger partial charge >= 0.3 is 20.2 Å². The first-order valence-corrected chi connectivity index (χ1v) is 19.5. The molecule has 0 aliphatic carbocycles. The summed E-state index contributed by atoms with van der Waals surface area (Å²) in [5.74, 6) is -0.662. The van der Waals surface area contributed by atoms with E-state index in [0.717, 1.165) is 47.7 Å². The Kier molecular flexibility index (Phi) is 28.3. The molecule has 3 heterocycles. The van der Waals surface area contributed by atoms with Crippen LogP contribution in [0, 0.1) is 12.8 Å². The number of nitrogens with zero attached hydrogens (tertiary/aromatic N) is 2. The lowest BCUT2D eigenvalue weighted by molar-refractivity contribution is -0.196. The Morgan fingerprint density at radius 1 is 0.947 bits per heavy atom. The third-order valence-electron chi connectivity index (χ3n) is 8.02. The summed E-state index contributed by atoms with van der Waals surface area (Å²) in [6.45, 7) is 13.7. The van der Waals surface area contributed by atoms with E-state index in [1.165, 1.54) is 6.42 Å². The summed E-state index contributed by atoms with van der Waals surface area (Å²) in [6, 6.07) is 10.9. The average Bonchev–Trinajstić information content (AvgIpc) is 3.93. The molecule has 15 nitrogen and oxygen atoms in total. The number of aldehydes is 1. The van der Waals surface area contributed by atoms with Crippen molar-refractivity contribution in [2.75, 3.05) is 27.7 Å². The van der Waals surface area contributed by atoms with Gasteiger partial charge in [-0.15, -0.1) is 5.06 Å². The first kappa shape index (κ1) is 52.6. The highest BCUT2D eigenvalue weighted by atomic mass is 16.7. The zero-order chi connectivity index (χ0) is 43.3. The minimum atomic E-state index is -0.955. The van der Waals surface area contributed by atoms with Crippen molar-refractivity contribution in [2.24, 2.45) is 5.92 Å². The van der Waals surface area contributed by atoms with Gasteiger partial charge in [-0.1, -0.05) is 77.3 Å². The molecule has 5 rings (SSSR count). The lowest BCUT2D eigenvalue weighted by Gasteiger charge is -2.20. The zero-order valence-corrected chi connectivity index (χ0v) is 35.2. The van der Waals surface area contributed by atoms with E-state index in [9.17, 15) is 34.0 Å². The SMILES string of the molecule is CCC.CCCC(=O)N(C=O)OC(=O)CCCC(C)C.CNC.CNC=O.Cc1ccc2c(c1)B(O)OC2.O=CC1CCCN1C(=O)c1ccc2c(c1)B(O)OC2. The van der Waals surface area contributed by atoms with Gasteiger partial charge in [0.2, 0.25) is 6.41 Å². The molecule has 4 amide bonds. The predicted octanol–water partition coefficient (Wildman–Crippen LogP) is 2.59. The van der Waals surface area contributed by atoms with Gasteiger partial charge in [0.15, 0.2) is 0 Å². The quantitative estimate of drug-likeness (QED) is 0.156. The van der Waals surface area contributed by atoms with Crippen LogP contribution in [0.5, 0.6) is 0 Å². The number of nitrogens with one attached hydrogen (secondary N) is 2. The molecular weight excluding hydrogens is 734 g/mol. The van der Waals surface area contributed by atoms with E-state index < -0.39 is 26.1 Å². The van der Waals surface area contributed by atoms with Crippen molar-refractivity contribution in [1.29, 1.82) is 0 Å². The van der Waals surface area contributed by atoms with Crippen LogP contribution in [0.25, 0.3) is 0 Å². The van der Waals surface area contributed by atoms with Gasteiger partial charge in [0.05, 0.1) is 19.3 Å². The molecule has 3 aliphatic heterocycles. The van der Waals surface area contributed by atoms with Crippen molar-refractivity contribution >= 4 is 62.1 Å². The molecule has 17 heteroatoms. The normalized spacial score (nSPS) is 14.2. The first-order valence-electron chi connectivity index (χ1n) is 19.5. The Balaban J connectivity index is 0.000000753. The van der Waals surface area contributed by atoms with E-state index in [2.05, 4.69) is 43.2 Å². The lowest BCUT2D eigenvalue weighted by Crippen LogP contribution is -2.37. The number of imide groups is 1. The van der Waals surface area contributed by atoms with Crippen LogP contribution in [-0.2, 0) is 51.3 Å². The minimum absolute atomic E-state index is 0.156. The van der Waals surface area contributed by atoms with Crippen LogP contribution in [0.2, 0.25) is 0 Å². The number of hydrogen-bond donors (Lipinski definition) is 4. The van der Waals surface area contributed by atoms with E-state index in [1.54, 1.807) is 30.1 Å². The number of aryl methyl sites for hydroxylation is 1. The number of hydroxylamine groups is 2. The van der Waals surface area contributed by atoms with Crippen LogP contribution in [0.3, 0.4) is 0 Å². The smallest absolute Gasteiger partial charge is 0.423 e. The van der Waals surface area contributed by atoms with Crippen LogP contribution < -0.4 is 21.6 Å². The van der Waals surface area contributed by atoms with Gasteiger partial charge in [-0.05, 0) is 86.8 Å². The van der Waals surface area contributed by atoms with Crippen molar-refractivity contribution in [3.05, 3.63) is 58.7 Å². The number of benzene rings is 2. The van der Waals surface area contributed by atoms with Crippen molar-refractivity contribution in [2.45, 2.75) is 112 Å². The number of likely N-dealkylation sites (tertiary alicyclic amines) is 1. The van der Waals surface area contributed by atoms with E-state index in [0.29, 0.717) is 61.0 Å². The molecule has 1 unspecified atom stereocenters. The molecule has 4 N–H and O–H groups in total. The fourth-order valence-corrected chi connectivity index (χ4v) is 5.30. The molecule has 2 aromatic rings. The summed E-state index contributed by atoms with van der Waals surface area (Å²) < 4.78 is 10.1. The predicted molar refractivity (Wildman–Crippen MR) is 221 cm³/mol. The fourth-order valence-electron chi connectivity index (χ4n) is 5.30. The fraction of sp³-hybridized carbons (Fsp3) is 0.550. The number of rotatable bonds is 10. The Hall–Kier alpha value is -4.41. The van der Waals surface area contributed by atoms with Gasteiger partial charge in [0, 0.05) is 32.0 Å². The number of carbonyl (C=O) groups excluding carboxylic acids is 6. The summed E-state index contributed by atoms with van der Waals surface area (Å²) in [4.78, 5) is 71.8. The lowest BCUT2D eigenvalue weighted by atomic mass is 9.78. The molecule has 1 saturated heterocycles. The number of carbonyl (C=O) groups is 6. The average molecular weight is 799 g/mol. The monoisotopic (exact) mass is 798 g/mol. The summed E-state index contributed by atoms with van der Waals surface area (Å²) in [7, 11) is 3.65. The molecule has 3 aliphatic rings. The van der Waals surface area contributed by atoms with Gasteiger partial charge in [0.1, 0.15) is 6.29 Å². The minimum Gasteiger partial charge on any atom is -0.423 e. The molecule has 2 aromatic carbocycles. The first-order chi connectivity index (χ1) is 27.2. The summed E-state index contributed by atoms with van der Waals surface area (Å²) in [5.41, 5.74) is 5.23. The molecule has 1 fully saturated rings. The second-order valence-electron chi connectivity index (χ2n) is 13.7. The van der Waals surface area contributed by atoms with Crippen LogP contribution in [0.1, 0.15) is 113 Å². The summed E-state index contributed by atoms with van der Waals surface area (Å²) in [5, 5.41) is 24.4. The van der Waals surface area contributed by atoms with Crippen LogP contribution in [0.4, 0.5) is 0 Å². The number of hydrogen-bond acceptors (Lipinski definition) is 12. The van der Waals surface area contributed by atoms with Crippen LogP contribution in [0.15, 0.2) is 36.4 Å². The maximum absolute atomic E-state index is 12.4. The molecule has 0 radical (unpaired) electrons. The third kappa shape index (κ3) is 20.0. The van der Waals surface area contributed by atoms with E-state index in [4.69, 9.17) is 14.1 Å². The van der Waals surface area contributed by atoms with E-state index in [-0.39, 0.29) is 31.2 Å². The molecule has 316 valence electrons. The van der Waals surface area contributed by atoms with Crippen LogP contribution in [-0.4, -0.2) is 105 Å². The molecule has 0 spiro atoms. The molecular formula is C40H64B2N4O11. The highest BCUT2D eigenvalue weighted by molar-refractivity contribution is 6.62. The Bertz CT molecular complexity index is 1510. The summed E-state index contributed by atoms with van der Waals surface area (Å²) >= 11 is 0. The van der Waals surface area contributed by atoms with Gasteiger partial charge in [0.25, 0.3) is 18.2 Å². The maximum Gasteiger partial charge on any atom is 0.491 e. The number of amides is 4. The molecule has 0 bridgehead atoms. The van der Waals surface area contributed by atoms with Crippen molar-refractivity contribution < 1.29 is 53.0 Å². The van der Waals surface area contributed by atoms with Crippen LogP contribution >= 0.6 is 0 Å². The van der Waals surface area contributed by atoms with Gasteiger partial charge in [-0.2, -0.15) is 0 Å². The largest absolute Gasteiger partial charge is 0.491 e. The maximum atomic E-state index is 12.4. The van der Waals surface area contributed by atoms with Gasteiger partial charge in [-0.25, -0.2) is 4.79 Å². The number of fused-ring (bicyclic) bond motifs is 2. The second-order valence-corrected chi connectivity index (χ2v) is 13.7. The van der Waals surface area contributed by atoms with E-state index in [1.807, 2.05) is 46.1 Å². The van der Waals surface area contributed by atoms with Crippen molar-refractivity contribution in [3.8, 4) is 0 Å². The standard InChI is InChI=1S/C13H14BNO4.C12H21NO4.C8H9BO2.C3H8.C2H5NO.C2H7N/c16-7-11-2-1-5-15(11)13(17)9-3-4-10-8-19-14(18)12(10)6-9;1-4-6-11(15)13(9-14)17-12(16)8-5-7-10(2)3;1-6-2-3-7-5-11-9(10)8(7)4-6;1-3-2;1-3-2-4;1-3-2/h3-4,6-7,11,18H,1-2,5,8H2;9-10H,4-8H2,1-3H3;2-4,10H,5H2,1H3;3H2,1-2H3;2H,1H3,(H,3,4);3H,1-2H3. The second kappa shape index (κ2) is 30.7. The summed E-state index contributed by atoms with van der Waals surface area (Å²) in [6.07, 6.45) is 7.16.